The number of unbranched alkanes of at least 4 members (excludes halogenated alkanes) is 2. The molecule has 0 unspecified atom stereocenters. The quantitative estimate of drug-likeness (QED) is 0.571. The van der Waals surface area contributed by atoms with Gasteiger partial charge in [0.05, 0.1) is 4.90 Å². The smallest absolute Gasteiger partial charge is 0.328 e. The van der Waals surface area contributed by atoms with Crippen LogP contribution in [0.2, 0.25) is 0 Å². The standard InChI is InChI=1S/C15H21NO4S/c1-3-4-5-10-16-21(19,20)14-8-6-13(12(2)11-14)7-9-15(17)18/h6-9,11,16H,3-5,10H2,1-2H3,(H,17,18). The van der Waals surface area contributed by atoms with Gasteiger partial charge in [-0.05, 0) is 42.7 Å². The van der Waals surface area contributed by atoms with Crippen molar-refractivity contribution in [3.05, 3.63) is 35.4 Å². The number of hydrogen-bond donors (Lipinski definition) is 2. The van der Waals surface area contributed by atoms with E-state index in [4.69, 9.17) is 5.11 Å². The first-order chi connectivity index (χ1) is 9.86. The summed E-state index contributed by atoms with van der Waals surface area (Å²) in [4.78, 5) is 10.7. The maximum absolute atomic E-state index is 12.1. The van der Waals surface area contributed by atoms with Gasteiger partial charge in [0.2, 0.25) is 10.0 Å². The van der Waals surface area contributed by atoms with Gasteiger partial charge in [0, 0.05) is 12.6 Å². The highest BCUT2D eigenvalue weighted by atomic mass is 32.2. The van der Waals surface area contributed by atoms with Crippen LogP contribution in [0.3, 0.4) is 0 Å². The van der Waals surface area contributed by atoms with Gasteiger partial charge < -0.3 is 5.11 Å². The number of nitrogens with one attached hydrogen (secondary N) is 1. The van der Waals surface area contributed by atoms with E-state index in [1.54, 1.807) is 19.1 Å². The summed E-state index contributed by atoms with van der Waals surface area (Å²) in [5, 5.41) is 8.60. The van der Waals surface area contributed by atoms with Gasteiger partial charge in [0.1, 0.15) is 0 Å². The van der Waals surface area contributed by atoms with Crippen LogP contribution in [0.15, 0.2) is 29.2 Å². The Bertz CT molecular complexity index is 621. The highest BCUT2D eigenvalue weighted by Crippen LogP contribution is 2.16. The van der Waals surface area contributed by atoms with E-state index >= 15 is 0 Å². The van der Waals surface area contributed by atoms with Gasteiger partial charge in [0.25, 0.3) is 0 Å². The van der Waals surface area contributed by atoms with E-state index in [1.807, 2.05) is 0 Å². The molecule has 116 valence electrons. The lowest BCUT2D eigenvalue weighted by molar-refractivity contribution is -0.131. The van der Waals surface area contributed by atoms with Crippen molar-refractivity contribution < 1.29 is 18.3 Å². The molecule has 21 heavy (non-hydrogen) atoms. The second-order valence-electron chi connectivity index (χ2n) is 4.79. The molecule has 0 atom stereocenters. The van der Waals surface area contributed by atoms with E-state index in [9.17, 15) is 13.2 Å². The molecule has 0 aliphatic heterocycles. The van der Waals surface area contributed by atoms with Gasteiger partial charge in [-0.25, -0.2) is 17.9 Å². The molecule has 0 aliphatic carbocycles. The third-order valence-corrected chi connectivity index (χ3v) is 4.49. The van der Waals surface area contributed by atoms with Crippen LogP contribution in [0.25, 0.3) is 6.08 Å². The largest absolute Gasteiger partial charge is 0.478 e. The molecule has 0 amide bonds. The van der Waals surface area contributed by atoms with Crippen molar-refractivity contribution in [2.75, 3.05) is 6.54 Å². The molecule has 0 radical (unpaired) electrons. The molecule has 0 saturated heterocycles. The first-order valence-corrected chi connectivity index (χ1v) is 8.36. The maximum atomic E-state index is 12.1. The minimum Gasteiger partial charge on any atom is -0.478 e. The zero-order valence-corrected chi connectivity index (χ0v) is 13.1. The molecule has 0 spiro atoms. The summed E-state index contributed by atoms with van der Waals surface area (Å²) in [7, 11) is -3.50. The molecule has 0 aromatic heterocycles. The van der Waals surface area contributed by atoms with Gasteiger partial charge >= 0.3 is 5.97 Å². The SMILES string of the molecule is CCCCCNS(=O)(=O)c1ccc(C=CC(=O)O)c(C)c1. The first-order valence-electron chi connectivity index (χ1n) is 6.88. The van der Waals surface area contributed by atoms with Crippen molar-refractivity contribution in [2.24, 2.45) is 0 Å². The number of aryl methyl sites for hydroxylation is 1. The Hall–Kier alpha value is -1.66. The molecule has 6 heteroatoms. The average molecular weight is 311 g/mol. The van der Waals surface area contributed by atoms with E-state index in [1.165, 1.54) is 12.1 Å². The van der Waals surface area contributed by atoms with Crippen LogP contribution in [-0.2, 0) is 14.8 Å². The minimum atomic E-state index is -3.50. The van der Waals surface area contributed by atoms with Gasteiger partial charge in [-0.2, -0.15) is 0 Å². The topological polar surface area (TPSA) is 83.5 Å². The van der Waals surface area contributed by atoms with E-state index in [2.05, 4.69) is 11.6 Å². The van der Waals surface area contributed by atoms with Crippen LogP contribution in [0.5, 0.6) is 0 Å². The molecule has 0 heterocycles. The summed E-state index contributed by atoms with van der Waals surface area (Å²) in [5.74, 6) is -1.04. The van der Waals surface area contributed by atoms with Crippen LogP contribution in [0.1, 0.15) is 37.3 Å². The Morgan fingerprint density at radius 1 is 1.33 bits per heavy atom. The second-order valence-corrected chi connectivity index (χ2v) is 6.56. The number of aliphatic carboxylic acids is 1. The fraction of sp³-hybridized carbons (Fsp3) is 0.400. The van der Waals surface area contributed by atoms with E-state index in [-0.39, 0.29) is 4.90 Å². The predicted octanol–water partition coefficient (Wildman–Crippen LogP) is 2.56. The van der Waals surface area contributed by atoms with Gasteiger partial charge in [-0.3, -0.25) is 0 Å². The third kappa shape index (κ3) is 5.69. The molecule has 1 rings (SSSR count). The fourth-order valence-corrected chi connectivity index (χ4v) is 2.99. The number of hydrogen-bond acceptors (Lipinski definition) is 3. The Kier molecular flexibility index (Phi) is 6.58. The number of rotatable bonds is 8. The highest BCUT2D eigenvalue weighted by Gasteiger charge is 2.13. The number of benzene rings is 1. The van der Waals surface area contributed by atoms with Crippen molar-refractivity contribution >= 4 is 22.1 Å². The Balaban J connectivity index is 2.84. The van der Waals surface area contributed by atoms with E-state index in [0.717, 1.165) is 25.3 Å². The number of carboxylic acids is 1. The number of carboxylic acid groups (broad SMARTS) is 1. The molecule has 5 nitrogen and oxygen atoms in total. The van der Waals surface area contributed by atoms with E-state index < -0.39 is 16.0 Å². The monoisotopic (exact) mass is 311 g/mol. The van der Waals surface area contributed by atoms with Gasteiger partial charge in [0.15, 0.2) is 0 Å². The van der Waals surface area contributed by atoms with Crippen molar-refractivity contribution in [1.29, 1.82) is 0 Å². The average Bonchev–Trinajstić information content (AvgIpc) is 2.42. The summed E-state index contributed by atoms with van der Waals surface area (Å²) in [6.45, 7) is 4.23. The molecular weight excluding hydrogens is 290 g/mol. The Morgan fingerprint density at radius 2 is 2.05 bits per heavy atom. The van der Waals surface area contributed by atoms with Gasteiger partial charge in [-0.15, -0.1) is 0 Å². The Labute approximate surface area is 125 Å². The summed E-state index contributed by atoms with van der Waals surface area (Å²) < 4.78 is 26.8. The molecule has 1 aromatic carbocycles. The predicted molar refractivity (Wildman–Crippen MR) is 82.6 cm³/mol. The van der Waals surface area contributed by atoms with Crippen LogP contribution in [-0.4, -0.2) is 26.0 Å². The maximum Gasteiger partial charge on any atom is 0.328 e. The van der Waals surface area contributed by atoms with Crippen LogP contribution in [0, 0.1) is 6.92 Å². The Morgan fingerprint density at radius 3 is 2.62 bits per heavy atom. The highest BCUT2D eigenvalue weighted by molar-refractivity contribution is 7.89. The van der Waals surface area contributed by atoms with Crippen molar-refractivity contribution in [3.63, 3.8) is 0 Å². The fourth-order valence-electron chi connectivity index (χ4n) is 1.83. The lowest BCUT2D eigenvalue weighted by Gasteiger charge is -2.08. The number of carbonyl (C=O) groups is 1. The first kappa shape index (κ1) is 17.4. The molecule has 0 bridgehead atoms. The molecule has 0 fully saturated rings. The summed E-state index contributed by atoms with van der Waals surface area (Å²) in [6.07, 6.45) is 5.31. The molecule has 2 N–H and O–H groups in total. The number of sulfonamides is 1. The van der Waals surface area contributed by atoms with Gasteiger partial charge in [-0.1, -0.05) is 25.8 Å². The van der Waals surface area contributed by atoms with Crippen LogP contribution in [0.4, 0.5) is 0 Å². The zero-order chi connectivity index (χ0) is 15.9. The van der Waals surface area contributed by atoms with Crippen LogP contribution < -0.4 is 4.72 Å². The zero-order valence-electron chi connectivity index (χ0n) is 12.3. The van der Waals surface area contributed by atoms with E-state index in [0.29, 0.717) is 17.7 Å². The summed E-state index contributed by atoms with van der Waals surface area (Å²) in [5.41, 5.74) is 1.39. The van der Waals surface area contributed by atoms with Crippen molar-refractivity contribution in [1.82, 2.24) is 4.72 Å². The molecule has 1 aromatic rings. The van der Waals surface area contributed by atoms with Crippen LogP contribution >= 0.6 is 0 Å². The summed E-state index contributed by atoms with van der Waals surface area (Å²) in [6, 6.07) is 4.63. The van der Waals surface area contributed by atoms with Crippen molar-refractivity contribution in [3.8, 4) is 0 Å². The third-order valence-electron chi connectivity index (χ3n) is 3.03. The molecule has 0 aliphatic rings. The van der Waals surface area contributed by atoms with Crippen molar-refractivity contribution in [2.45, 2.75) is 38.0 Å². The lowest BCUT2D eigenvalue weighted by Crippen LogP contribution is -2.24. The minimum absolute atomic E-state index is 0.198. The lowest BCUT2D eigenvalue weighted by atomic mass is 10.1. The molecular formula is C15H21NO4S. The molecule has 0 saturated carbocycles. The normalized spacial score (nSPS) is 11.9. The summed E-state index contributed by atoms with van der Waals surface area (Å²) >= 11 is 0. The second kappa shape index (κ2) is 7.95.